The standard InChI is InChI=1S/C6H10N3/c1-3-9-4-2-8-6(9)5-7-1/h2,4-8H,1,3H2. The summed E-state index contributed by atoms with van der Waals surface area (Å²) in [5, 5.41) is 6.37. The van der Waals surface area contributed by atoms with Crippen LogP contribution >= 0.6 is 0 Å². The molecule has 49 valence electrons. The molecule has 0 aromatic heterocycles. The molecular formula is C6H10N3. The van der Waals surface area contributed by atoms with E-state index in [1.165, 1.54) is 0 Å². The van der Waals surface area contributed by atoms with Crippen LogP contribution < -0.4 is 10.6 Å². The van der Waals surface area contributed by atoms with Crippen molar-refractivity contribution in [1.82, 2.24) is 15.5 Å². The summed E-state index contributed by atoms with van der Waals surface area (Å²) in [5.74, 6) is 0. The van der Waals surface area contributed by atoms with E-state index in [2.05, 4.69) is 28.3 Å². The predicted octanol–water partition coefficient (Wildman–Crippen LogP) is -0.546. The van der Waals surface area contributed by atoms with Crippen molar-refractivity contribution in [1.29, 1.82) is 0 Å². The van der Waals surface area contributed by atoms with Crippen LogP contribution in [0.25, 0.3) is 0 Å². The molecule has 1 fully saturated rings. The van der Waals surface area contributed by atoms with E-state index in [0.717, 1.165) is 13.1 Å². The molecule has 0 aromatic rings. The van der Waals surface area contributed by atoms with Gasteiger partial charge in [0.15, 0.2) is 0 Å². The lowest BCUT2D eigenvalue weighted by molar-refractivity contribution is 0.265. The van der Waals surface area contributed by atoms with Crippen molar-refractivity contribution in [3.05, 3.63) is 18.9 Å². The molecule has 0 spiro atoms. The highest BCUT2D eigenvalue weighted by molar-refractivity contribution is 5.01. The molecular weight excluding hydrogens is 114 g/mol. The van der Waals surface area contributed by atoms with Gasteiger partial charge in [-0.25, -0.2) is 0 Å². The number of fused-ring (bicyclic) bond motifs is 1. The van der Waals surface area contributed by atoms with Crippen LogP contribution in [-0.2, 0) is 0 Å². The molecule has 0 saturated carbocycles. The second kappa shape index (κ2) is 1.92. The first-order chi connectivity index (χ1) is 4.47. The Morgan fingerprint density at radius 3 is 3.44 bits per heavy atom. The average Bonchev–Trinajstić information content (AvgIpc) is 2.33. The summed E-state index contributed by atoms with van der Waals surface area (Å²) in [6.07, 6.45) is 4.47. The van der Waals surface area contributed by atoms with E-state index < -0.39 is 0 Å². The van der Waals surface area contributed by atoms with Gasteiger partial charge in [0.05, 0.1) is 6.54 Å². The molecule has 0 amide bonds. The summed E-state index contributed by atoms with van der Waals surface area (Å²) in [5.41, 5.74) is 0. The minimum absolute atomic E-state index is 0.402. The Morgan fingerprint density at radius 1 is 1.56 bits per heavy atom. The molecule has 2 heterocycles. The Balaban J connectivity index is 2.03. The molecule has 2 aliphatic heterocycles. The summed E-state index contributed by atoms with van der Waals surface area (Å²) in [4.78, 5) is 2.26. The molecule has 1 atom stereocenters. The molecule has 0 aliphatic carbocycles. The minimum atomic E-state index is 0.402. The number of nitrogens with one attached hydrogen (secondary N) is 2. The van der Waals surface area contributed by atoms with Crippen LogP contribution in [-0.4, -0.2) is 24.2 Å². The molecule has 2 aliphatic rings. The number of hydrogen-bond donors (Lipinski definition) is 2. The maximum Gasteiger partial charge on any atom is 0.116 e. The van der Waals surface area contributed by atoms with Crippen LogP contribution in [0.3, 0.4) is 0 Å². The topological polar surface area (TPSA) is 27.3 Å². The predicted molar refractivity (Wildman–Crippen MR) is 35.1 cm³/mol. The third-order valence-corrected chi connectivity index (χ3v) is 1.68. The Hall–Kier alpha value is -0.700. The fourth-order valence-electron chi connectivity index (χ4n) is 1.17. The first-order valence-corrected chi connectivity index (χ1v) is 3.22. The van der Waals surface area contributed by atoms with E-state index in [0.29, 0.717) is 6.17 Å². The van der Waals surface area contributed by atoms with Crippen LogP contribution in [0, 0.1) is 6.54 Å². The first-order valence-electron chi connectivity index (χ1n) is 3.22. The second-order valence-electron chi connectivity index (χ2n) is 2.29. The molecule has 1 unspecified atom stereocenters. The smallest absolute Gasteiger partial charge is 0.116 e. The van der Waals surface area contributed by atoms with Gasteiger partial charge in [0.25, 0.3) is 0 Å². The molecule has 0 aromatic carbocycles. The van der Waals surface area contributed by atoms with Crippen LogP contribution in [0.2, 0.25) is 0 Å². The highest BCUT2D eigenvalue weighted by Crippen LogP contribution is 2.07. The zero-order valence-corrected chi connectivity index (χ0v) is 5.17. The average molecular weight is 124 g/mol. The van der Waals surface area contributed by atoms with Crippen LogP contribution in [0.15, 0.2) is 12.4 Å². The lowest BCUT2D eigenvalue weighted by Gasteiger charge is -2.30. The van der Waals surface area contributed by atoms with E-state index in [9.17, 15) is 0 Å². The number of piperazine rings is 1. The van der Waals surface area contributed by atoms with Gasteiger partial charge in [0, 0.05) is 25.5 Å². The Kier molecular flexibility index (Phi) is 1.09. The summed E-state index contributed by atoms with van der Waals surface area (Å²) >= 11 is 0. The zero-order valence-electron chi connectivity index (χ0n) is 5.17. The molecule has 3 heteroatoms. The first kappa shape index (κ1) is 5.11. The van der Waals surface area contributed by atoms with Gasteiger partial charge >= 0.3 is 0 Å². The van der Waals surface area contributed by atoms with Crippen molar-refractivity contribution in [2.24, 2.45) is 0 Å². The van der Waals surface area contributed by atoms with Crippen molar-refractivity contribution in [2.75, 3.05) is 13.1 Å². The third kappa shape index (κ3) is 0.772. The third-order valence-electron chi connectivity index (χ3n) is 1.68. The minimum Gasteiger partial charge on any atom is -0.369 e. The second-order valence-corrected chi connectivity index (χ2v) is 2.29. The monoisotopic (exact) mass is 124 g/mol. The van der Waals surface area contributed by atoms with Gasteiger partial charge in [-0.15, -0.1) is 0 Å². The number of hydrogen-bond acceptors (Lipinski definition) is 3. The molecule has 2 rings (SSSR count). The van der Waals surface area contributed by atoms with E-state index in [-0.39, 0.29) is 0 Å². The lowest BCUT2D eigenvalue weighted by atomic mass is 10.3. The van der Waals surface area contributed by atoms with Crippen molar-refractivity contribution in [3.8, 4) is 0 Å². The van der Waals surface area contributed by atoms with Gasteiger partial charge in [-0.3, -0.25) is 0 Å². The largest absolute Gasteiger partial charge is 0.369 e. The quantitative estimate of drug-likeness (QED) is 0.454. The van der Waals surface area contributed by atoms with E-state index in [1.54, 1.807) is 0 Å². The van der Waals surface area contributed by atoms with Gasteiger partial charge in [0.1, 0.15) is 6.17 Å². The van der Waals surface area contributed by atoms with E-state index in [4.69, 9.17) is 0 Å². The molecule has 1 saturated heterocycles. The summed E-state index contributed by atoms with van der Waals surface area (Å²) in [6, 6.07) is 0. The molecule has 2 N–H and O–H groups in total. The zero-order chi connectivity index (χ0) is 6.10. The maximum atomic E-state index is 3.19. The highest BCUT2D eigenvalue weighted by atomic mass is 15.3. The normalized spacial score (nSPS) is 32.0. The fourth-order valence-corrected chi connectivity index (χ4v) is 1.17. The van der Waals surface area contributed by atoms with E-state index >= 15 is 0 Å². The summed E-state index contributed by atoms with van der Waals surface area (Å²) in [6.45, 7) is 4.23. The number of rotatable bonds is 0. The van der Waals surface area contributed by atoms with E-state index in [1.807, 2.05) is 6.20 Å². The van der Waals surface area contributed by atoms with Crippen molar-refractivity contribution >= 4 is 0 Å². The molecule has 1 radical (unpaired) electrons. The lowest BCUT2D eigenvalue weighted by Crippen LogP contribution is -2.47. The van der Waals surface area contributed by atoms with Crippen LogP contribution in [0.5, 0.6) is 0 Å². The van der Waals surface area contributed by atoms with Crippen molar-refractivity contribution in [3.63, 3.8) is 0 Å². The molecule has 3 nitrogen and oxygen atoms in total. The Morgan fingerprint density at radius 2 is 2.56 bits per heavy atom. The van der Waals surface area contributed by atoms with Gasteiger partial charge in [-0.1, -0.05) is 0 Å². The Labute approximate surface area is 54.7 Å². The van der Waals surface area contributed by atoms with Crippen LogP contribution in [0.4, 0.5) is 0 Å². The van der Waals surface area contributed by atoms with Crippen LogP contribution in [0.1, 0.15) is 0 Å². The fraction of sp³-hybridized carbons (Fsp3) is 0.500. The molecule has 0 bridgehead atoms. The maximum absolute atomic E-state index is 3.19. The SMILES string of the molecule is [CH]1NCCN2C=CNC12. The van der Waals surface area contributed by atoms with Crippen molar-refractivity contribution in [2.45, 2.75) is 6.17 Å². The molecule has 9 heavy (non-hydrogen) atoms. The number of nitrogens with zero attached hydrogens (tertiary/aromatic N) is 1. The highest BCUT2D eigenvalue weighted by Gasteiger charge is 2.20. The van der Waals surface area contributed by atoms with Gasteiger partial charge in [-0.05, 0) is 0 Å². The van der Waals surface area contributed by atoms with Gasteiger partial charge in [-0.2, -0.15) is 0 Å². The summed E-state index contributed by atoms with van der Waals surface area (Å²) in [7, 11) is 0. The Bertz CT molecular complexity index is 132. The summed E-state index contributed by atoms with van der Waals surface area (Å²) < 4.78 is 0. The van der Waals surface area contributed by atoms with Gasteiger partial charge < -0.3 is 15.5 Å². The van der Waals surface area contributed by atoms with Gasteiger partial charge in [0.2, 0.25) is 0 Å². The van der Waals surface area contributed by atoms with Crippen molar-refractivity contribution < 1.29 is 0 Å².